The highest BCUT2D eigenvalue weighted by molar-refractivity contribution is 9.10. The third-order valence-electron chi connectivity index (χ3n) is 4.38. The first kappa shape index (κ1) is 17.4. The van der Waals surface area contributed by atoms with Crippen molar-refractivity contribution in [1.82, 2.24) is 5.32 Å². The Bertz CT molecular complexity index is 402. The average Bonchev–Trinajstić information content (AvgIpc) is 2.78. The Kier molecular flexibility index (Phi) is 8.20. The lowest BCUT2D eigenvalue weighted by Gasteiger charge is -2.27. The van der Waals surface area contributed by atoms with Crippen molar-refractivity contribution in [1.29, 1.82) is 0 Å². The van der Waals surface area contributed by atoms with Gasteiger partial charge >= 0.3 is 0 Å². The summed E-state index contributed by atoms with van der Waals surface area (Å²) in [6, 6.07) is 9.25. The summed E-state index contributed by atoms with van der Waals surface area (Å²) in [6.07, 6.45) is 9.78. The van der Waals surface area contributed by atoms with Crippen LogP contribution in [0.25, 0.3) is 0 Å². The summed E-state index contributed by atoms with van der Waals surface area (Å²) in [4.78, 5) is 1.37. The standard InChI is InChI=1S/C18H28BrNS/c1-2-13-20-17(15-9-5-3-4-6-10-15)14-21-18-12-8-7-11-16(18)19/h7-8,11-12,15,17,20H,2-6,9-10,13-14H2,1H3. The van der Waals surface area contributed by atoms with Gasteiger partial charge in [0.25, 0.3) is 0 Å². The van der Waals surface area contributed by atoms with Gasteiger partial charge in [-0.15, -0.1) is 11.8 Å². The van der Waals surface area contributed by atoms with Gasteiger partial charge in [-0.25, -0.2) is 0 Å². The second-order valence-electron chi connectivity index (χ2n) is 6.05. The van der Waals surface area contributed by atoms with Crippen LogP contribution >= 0.6 is 27.7 Å². The Labute approximate surface area is 142 Å². The van der Waals surface area contributed by atoms with Gasteiger partial charge in [-0.3, -0.25) is 0 Å². The Hall–Kier alpha value is 0.01000. The molecule has 0 spiro atoms. The predicted molar refractivity (Wildman–Crippen MR) is 98.1 cm³/mol. The third-order valence-corrected chi connectivity index (χ3v) is 6.53. The lowest BCUT2D eigenvalue weighted by Crippen LogP contribution is -2.38. The Morgan fingerprint density at radius 3 is 2.57 bits per heavy atom. The summed E-state index contributed by atoms with van der Waals surface area (Å²) >= 11 is 5.66. The van der Waals surface area contributed by atoms with E-state index in [2.05, 4.69) is 52.4 Å². The van der Waals surface area contributed by atoms with Crippen LogP contribution < -0.4 is 5.32 Å². The average molecular weight is 370 g/mol. The van der Waals surface area contributed by atoms with Gasteiger partial charge in [-0.1, -0.05) is 44.7 Å². The Morgan fingerprint density at radius 2 is 1.90 bits per heavy atom. The molecule has 0 saturated heterocycles. The van der Waals surface area contributed by atoms with Crippen LogP contribution in [0.3, 0.4) is 0 Å². The third kappa shape index (κ3) is 5.96. The largest absolute Gasteiger partial charge is 0.313 e. The lowest BCUT2D eigenvalue weighted by molar-refractivity contribution is 0.343. The zero-order valence-electron chi connectivity index (χ0n) is 13.1. The monoisotopic (exact) mass is 369 g/mol. The topological polar surface area (TPSA) is 12.0 Å². The van der Waals surface area contributed by atoms with Crippen LogP contribution in [0.5, 0.6) is 0 Å². The normalized spacial score (nSPS) is 18.4. The van der Waals surface area contributed by atoms with Crippen molar-refractivity contribution in [3.05, 3.63) is 28.7 Å². The molecule has 1 atom stereocenters. The fourth-order valence-electron chi connectivity index (χ4n) is 3.15. The first-order valence-corrected chi connectivity index (χ1v) is 10.2. The van der Waals surface area contributed by atoms with Crippen molar-refractivity contribution < 1.29 is 0 Å². The molecule has 1 fully saturated rings. The second kappa shape index (κ2) is 9.91. The first-order chi connectivity index (χ1) is 10.3. The summed E-state index contributed by atoms with van der Waals surface area (Å²) < 4.78 is 1.23. The highest BCUT2D eigenvalue weighted by Gasteiger charge is 2.22. The highest BCUT2D eigenvalue weighted by atomic mass is 79.9. The molecule has 1 aliphatic carbocycles. The smallest absolute Gasteiger partial charge is 0.0311 e. The molecule has 0 aliphatic heterocycles. The van der Waals surface area contributed by atoms with Crippen LogP contribution in [-0.2, 0) is 0 Å². The van der Waals surface area contributed by atoms with Crippen molar-refractivity contribution in [2.24, 2.45) is 5.92 Å². The fraction of sp³-hybridized carbons (Fsp3) is 0.667. The van der Waals surface area contributed by atoms with Gasteiger partial charge in [0.1, 0.15) is 0 Å². The van der Waals surface area contributed by atoms with E-state index in [1.807, 2.05) is 11.8 Å². The number of hydrogen-bond acceptors (Lipinski definition) is 2. The molecule has 1 N–H and O–H groups in total. The molecular weight excluding hydrogens is 342 g/mol. The Balaban J connectivity index is 1.93. The molecule has 0 heterocycles. The van der Waals surface area contributed by atoms with Gasteiger partial charge < -0.3 is 5.32 Å². The minimum Gasteiger partial charge on any atom is -0.313 e. The number of thioether (sulfide) groups is 1. The molecule has 1 aromatic rings. The van der Waals surface area contributed by atoms with E-state index in [0.717, 1.165) is 12.5 Å². The van der Waals surface area contributed by atoms with Crippen molar-refractivity contribution >= 4 is 27.7 Å². The molecule has 0 bridgehead atoms. The zero-order valence-corrected chi connectivity index (χ0v) is 15.5. The minimum absolute atomic E-state index is 0.667. The van der Waals surface area contributed by atoms with Crippen molar-refractivity contribution in [2.75, 3.05) is 12.3 Å². The molecule has 3 heteroatoms. The summed E-state index contributed by atoms with van der Waals surface area (Å²) in [7, 11) is 0. The van der Waals surface area contributed by atoms with E-state index in [-0.39, 0.29) is 0 Å². The van der Waals surface area contributed by atoms with Gasteiger partial charge in [0, 0.05) is 21.2 Å². The van der Waals surface area contributed by atoms with Crippen LogP contribution in [0, 0.1) is 5.92 Å². The van der Waals surface area contributed by atoms with Gasteiger partial charge in [0.05, 0.1) is 0 Å². The molecule has 0 amide bonds. The van der Waals surface area contributed by atoms with E-state index in [1.165, 1.54) is 60.1 Å². The quantitative estimate of drug-likeness (QED) is 0.475. The van der Waals surface area contributed by atoms with Crippen LogP contribution in [0.1, 0.15) is 51.9 Å². The first-order valence-electron chi connectivity index (χ1n) is 8.42. The van der Waals surface area contributed by atoms with Crippen molar-refractivity contribution in [2.45, 2.75) is 62.8 Å². The summed E-state index contributed by atoms with van der Waals surface area (Å²) in [6.45, 7) is 3.41. The Morgan fingerprint density at radius 1 is 1.19 bits per heavy atom. The second-order valence-corrected chi connectivity index (χ2v) is 7.97. The fourth-order valence-corrected chi connectivity index (χ4v) is 4.90. The summed E-state index contributed by atoms with van der Waals surface area (Å²) in [5.41, 5.74) is 0. The maximum atomic E-state index is 3.82. The van der Waals surface area contributed by atoms with E-state index in [1.54, 1.807) is 0 Å². The molecule has 1 aliphatic rings. The zero-order chi connectivity index (χ0) is 14.9. The molecule has 0 aromatic heterocycles. The van der Waals surface area contributed by atoms with E-state index >= 15 is 0 Å². The molecule has 1 aromatic carbocycles. The van der Waals surface area contributed by atoms with Gasteiger partial charge in [-0.2, -0.15) is 0 Å². The molecule has 118 valence electrons. The SMILES string of the molecule is CCCNC(CSc1ccccc1Br)C1CCCCCC1. The van der Waals surface area contributed by atoms with Crippen LogP contribution in [-0.4, -0.2) is 18.3 Å². The predicted octanol–water partition coefficient (Wildman–Crippen LogP) is 5.88. The lowest BCUT2D eigenvalue weighted by atomic mass is 9.93. The molecule has 0 radical (unpaired) electrons. The van der Waals surface area contributed by atoms with Gasteiger partial charge in [-0.05, 0) is 59.8 Å². The van der Waals surface area contributed by atoms with Gasteiger partial charge in [0.2, 0.25) is 0 Å². The maximum absolute atomic E-state index is 3.82. The van der Waals surface area contributed by atoms with E-state index in [4.69, 9.17) is 0 Å². The molecule has 2 rings (SSSR count). The minimum atomic E-state index is 0.667. The van der Waals surface area contributed by atoms with E-state index in [9.17, 15) is 0 Å². The molecule has 1 nitrogen and oxygen atoms in total. The summed E-state index contributed by atoms with van der Waals surface area (Å²) in [5.74, 6) is 2.06. The number of hydrogen-bond donors (Lipinski definition) is 1. The number of halogens is 1. The van der Waals surface area contributed by atoms with Crippen LogP contribution in [0.4, 0.5) is 0 Å². The van der Waals surface area contributed by atoms with Crippen molar-refractivity contribution in [3.8, 4) is 0 Å². The number of rotatable bonds is 7. The summed E-state index contributed by atoms with van der Waals surface area (Å²) in [5, 5.41) is 3.82. The maximum Gasteiger partial charge on any atom is 0.0311 e. The molecule has 1 saturated carbocycles. The van der Waals surface area contributed by atoms with Crippen LogP contribution in [0.15, 0.2) is 33.6 Å². The van der Waals surface area contributed by atoms with E-state index in [0.29, 0.717) is 6.04 Å². The highest BCUT2D eigenvalue weighted by Crippen LogP contribution is 2.31. The molecule has 21 heavy (non-hydrogen) atoms. The van der Waals surface area contributed by atoms with Gasteiger partial charge in [0.15, 0.2) is 0 Å². The number of nitrogens with one attached hydrogen (secondary N) is 1. The molecular formula is C18H28BrNS. The van der Waals surface area contributed by atoms with Crippen LogP contribution in [0.2, 0.25) is 0 Å². The van der Waals surface area contributed by atoms with E-state index < -0.39 is 0 Å². The van der Waals surface area contributed by atoms with Crippen molar-refractivity contribution in [3.63, 3.8) is 0 Å². The number of benzene rings is 1. The molecule has 1 unspecified atom stereocenters.